The normalized spacial score (nSPS) is 24.2. The molecule has 0 radical (unpaired) electrons. The van der Waals surface area contributed by atoms with Crippen LogP contribution in [-0.2, 0) is 4.79 Å². The Labute approximate surface area is 114 Å². The summed E-state index contributed by atoms with van der Waals surface area (Å²) in [6.07, 6.45) is 0.941. The number of carbonyl (C=O) groups excluding carboxylic acids is 1. The number of benzene rings is 1. The average Bonchev–Trinajstić information content (AvgIpc) is 2.52. The predicted octanol–water partition coefficient (Wildman–Crippen LogP) is 2.19. The molecule has 0 bridgehead atoms. The van der Waals surface area contributed by atoms with Gasteiger partial charge in [-0.15, -0.1) is 0 Å². The quantitative estimate of drug-likeness (QED) is 0.908. The first kappa shape index (κ1) is 13.9. The van der Waals surface area contributed by atoms with E-state index < -0.39 is 0 Å². The Bertz CT molecular complexity index is 448. The first-order chi connectivity index (χ1) is 9.15. The maximum absolute atomic E-state index is 12.5. The maximum atomic E-state index is 12.5. The second-order valence-corrected chi connectivity index (χ2v) is 4.92. The summed E-state index contributed by atoms with van der Waals surface area (Å²) >= 11 is 0. The van der Waals surface area contributed by atoms with E-state index in [-0.39, 0.29) is 18.0 Å². The molecule has 4 nitrogen and oxygen atoms in total. The Morgan fingerprint density at radius 1 is 1.37 bits per heavy atom. The lowest BCUT2D eigenvalue weighted by Gasteiger charge is -2.29. The molecule has 1 fully saturated rings. The zero-order valence-corrected chi connectivity index (χ0v) is 11.8. The lowest BCUT2D eigenvalue weighted by Crippen LogP contribution is -2.44. The molecule has 1 aromatic carbocycles. The zero-order valence-electron chi connectivity index (χ0n) is 11.8. The van der Waals surface area contributed by atoms with Crippen LogP contribution in [0.4, 0.5) is 5.69 Å². The Morgan fingerprint density at radius 2 is 2.11 bits per heavy atom. The van der Waals surface area contributed by atoms with E-state index in [0.29, 0.717) is 6.61 Å². The third-order valence-electron chi connectivity index (χ3n) is 3.49. The van der Waals surface area contributed by atoms with Gasteiger partial charge in [0, 0.05) is 6.04 Å². The number of anilines is 1. The molecule has 1 aliphatic heterocycles. The van der Waals surface area contributed by atoms with Gasteiger partial charge in [0.2, 0.25) is 5.91 Å². The Hall–Kier alpha value is -1.55. The number of rotatable bonds is 3. The van der Waals surface area contributed by atoms with Gasteiger partial charge in [-0.1, -0.05) is 12.1 Å². The van der Waals surface area contributed by atoms with Crippen LogP contribution in [0, 0.1) is 0 Å². The fraction of sp³-hybridized carbons (Fsp3) is 0.533. The van der Waals surface area contributed by atoms with E-state index in [2.05, 4.69) is 12.2 Å². The Balaban J connectivity index is 2.39. The number of ether oxygens (including phenoxy) is 1. The van der Waals surface area contributed by atoms with E-state index in [1.165, 1.54) is 0 Å². The third-order valence-corrected chi connectivity index (χ3v) is 3.49. The van der Waals surface area contributed by atoms with E-state index in [1.54, 1.807) is 0 Å². The van der Waals surface area contributed by atoms with Gasteiger partial charge >= 0.3 is 0 Å². The van der Waals surface area contributed by atoms with Crippen LogP contribution >= 0.6 is 0 Å². The number of hydrogen-bond donors (Lipinski definition) is 1. The van der Waals surface area contributed by atoms with Crippen LogP contribution in [0.3, 0.4) is 0 Å². The van der Waals surface area contributed by atoms with Gasteiger partial charge in [0.1, 0.15) is 5.75 Å². The molecule has 0 saturated carbocycles. The highest BCUT2D eigenvalue weighted by Gasteiger charge is 2.30. The lowest BCUT2D eigenvalue weighted by molar-refractivity contribution is -0.120. The van der Waals surface area contributed by atoms with Crippen molar-refractivity contribution in [1.29, 1.82) is 0 Å². The summed E-state index contributed by atoms with van der Waals surface area (Å²) in [7, 11) is 0. The van der Waals surface area contributed by atoms with Crippen molar-refractivity contribution in [2.45, 2.75) is 39.3 Å². The second-order valence-electron chi connectivity index (χ2n) is 4.92. The van der Waals surface area contributed by atoms with Gasteiger partial charge < -0.3 is 15.0 Å². The van der Waals surface area contributed by atoms with Crippen molar-refractivity contribution in [1.82, 2.24) is 5.32 Å². The minimum absolute atomic E-state index is 0.108. The smallest absolute Gasteiger partial charge is 0.244 e. The minimum Gasteiger partial charge on any atom is -0.492 e. The molecule has 2 atom stereocenters. The number of amides is 1. The zero-order chi connectivity index (χ0) is 13.8. The number of hydrogen-bond acceptors (Lipinski definition) is 3. The highest BCUT2D eigenvalue weighted by atomic mass is 16.5. The molecule has 104 valence electrons. The molecule has 1 saturated heterocycles. The lowest BCUT2D eigenvalue weighted by atomic mass is 10.1. The molecule has 4 heteroatoms. The van der Waals surface area contributed by atoms with Crippen molar-refractivity contribution in [2.75, 3.05) is 18.1 Å². The molecule has 0 spiro atoms. The molecule has 2 rings (SSSR count). The highest BCUT2D eigenvalue weighted by Crippen LogP contribution is 2.31. The van der Waals surface area contributed by atoms with Crippen LogP contribution in [0.1, 0.15) is 27.2 Å². The van der Waals surface area contributed by atoms with Crippen LogP contribution in [0.25, 0.3) is 0 Å². The van der Waals surface area contributed by atoms with Gasteiger partial charge in [-0.2, -0.15) is 0 Å². The summed E-state index contributed by atoms with van der Waals surface area (Å²) < 4.78 is 5.65. The monoisotopic (exact) mass is 262 g/mol. The van der Waals surface area contributed by atoms with Gasteiger partial charge in [-0.05, 0) is 45.9 Å². The molecule has 1 aromatic rings. The third kappa shape index (κ3) is 2.89. The summed E-state index contributed by atoms with van der Waals surface area (Å²) in [5.41, 5.74) is 0.873. The molecular weight excluding hydrogens is 240 g/mol. The molecule has 2 unspecified atom stereocenters. The summed E-state index contributed by atoms with van der Waals surface area (Å²) in [6, 6.07) is 7.77. The molecule has 0 aromatic heterocycles. The number of carbonyl (C=O) groups is 1. The SMILES string of the molecule is CCOc1ccccc1N1C(=O)C(C)NCCC1C. The summed E-state index contributed by atoms with van der Waals surface area (Å²) in [5, 5.41) is 3.24. The minimum atomic E-state index is -0.153. The first-order valence-corrected chi connectivity index (χ1v) is 6.93. The van der Waals surface area contributed by atoms with E-state index in [0.717, 1.165) is 24.4 Å². The molecule has 1 N–H and O–H groups in total. The fourth-order valence-corrected chi connectivity index (χ4v) is 2.44. The Morgan fingerprint density at radius 3 is 2.84 bits per heavy atom. The summed E-state index contributed by atoms with van der Waals surface area (Å²) in [6.45, 7) is 7.41. The molecule has 1 heterocycles. The molecular formula is C15H22N2O2. The largest absolute Gasteiger partial charge is 0.492 e. The van der Waals surface area contributed by atoms with Gasteiger partial charge in [0.05, 0.1) is 18.3 Å². The maximum Gasteiger partial charge on any atom is 0.244 e. The van der Waals surface area contributed by atoms with Crippen molar-refractivity contribution >= 4 is 11.6 Å². The molecule has 0 aliphatic carbocycles. The fourth-order valence-electron chi connectivity index (χ4n) is 2.44. The van der Waals surface area contributed by atoms with Crippen LogP contribution < -0.4 is 15.0 Å². The Kier molecular flexibility index (Phi) is 4.43. The van der Waals surface area contributed by atoms with E-state index in [4.69, 9.17) is 4.74 Å². The van der Waals surface area contributed by atoms with E-state index in [9.17, 15) is 4.79 Å². The van der Waals surface area contributed by atoms with Crippen LogP contribution in [0.2, 0.25) is 0 Å². The van der Waals surface area contributed by atoms with Crippen molar-refractivity contribution in [3.8, 4) is 5.75 Å². The van der Waals surface area contributed by atoms with Crippen LogP contribution in [0.5, 0.6) is 5.75 Å². The standard InChI is InChI=1S/C15H22N2O2/c1-4-19-14-8-6-5-7-13(14)17-11(2)9-10-16-12(3)15(17)18/h5-8,11-12,16H,4,9-10H2,1-3H3. The highest BCUT2D eigenvalue weighted by molar-refractivity contribution is 5.99. The first-order valence-electron chi connectivity index (χ1n) is 6.93. The van der Waals surface area contributed by atoms with Gasteiger partial charge in [-0.3, -0.25) is 4.79 Å². The predicted molar refractivity (Wildman–Crippen MR) is 76.6 cm³/mol. The van der Waals surface area contributed by atoms with Crippen LogP contribution in [0.15, 0.2) is 24.3 Å². The topological polar surface area (TPSA) is 41.6 Å². The van der Waals surface area contributed by atoms with E-state index in [1.807, 2.05) is 43.0 Å². The van der Waals surface area contributed by atoms with Gasteiger partial charge in [-0.25, -0.2) is 0 Å². The number of nitrogens with zero attached hydrogens (tertiary/aromatic N) is 1. The molecule has 1 amide bonds. The van der Waals surface area contributed by atoms with Crippen molar-refractivity contribution in [3.63, 3.8) is 0 Å². The van der Waals surface area contributed by atoms with Gasteiger partial charge in [0.15, 0.2) is 0 Å². The van der Waals surface area contributed by atoms with Crippen molar-refractivity contribution < 1.29 is 9.53 Å². The average molecular weight is 262 g/mol. The van der Waals surface area contributed by atoms with Crippen molar-refractivity contribution in [2.24, 2.45) is 0 Å². The summed E-state index contributed by atoms with van der Waals surface area (Å²) in [4.78, 5) is 14.4. The molecule has 1 aliphatic rings. The second kappa shape index (κ2) is 6.06. The number of nitrogens with one attached hydrogen (secondary N) is 1. The number of para-hydroxylation sites is 2. The van der Waals surface area contributed by atoms with Gasteiger partial charge in [0.25, 0.3) is 0 Å². The van der Waals surface area contributed by atoms with Crippen molar-refractivity contribution in [3.05, 3.63) is 24.3 Å². The molecule has 19 heavy (non-hydrogen) atoms. The van der Waals surface area contributed by atoms with Crippen LogP contribution in [-0.4, -0.2) is 31.1 Å². The van der Waals surface area contributed by atoms with E-state index >= 15 is 0 Å². The summed E-state index contributed by atoms with van der Waals surface area (Å²) in [5.74, 6) is 0.886.